The molecular formula is C14H19FN2O6. The van der Waals surface area contributed by atoms with Crippen LogP contribution in [-0.4, -0.2) is 53.3 Å². The molecule has 8 nitrogen and oxygen atoms in total. The van der Waals surface area contributed by atoms with Gasteiger partial charge in [-0.3, -0.25) is 9.78 Å². The monoisotopic (exact) mass is 330 g/mol. The van der Waals surface area contributed by atoms with Gasteiger partial charge in [-0.15, -0.1) is 0 Å². The first-order valence-corrected chi connectivity index (χ1v) is 7.22. The van der Waals surface area contributed by atoms with Crippen molar-refractivity contribution in [3.63, 3.8) is 0 Å². The zero-order valence-corrected chi connectivity index (χ0v) is 13.0. The van der Waals surface area contributed by atoms with Crippen molar-refractivity contribution in [3.8, 4) is 0 Å². The Morgan fingerprint density at radius 1 is 1.35 bits per heavy atom. The Labute approximate surface area is 130 Å². The molecule has 0 bridgehead atoms. The number of H-pyrrole nitrogens is 2. The van der Waals surface area contributed by atoms with E-state index in [1.807, 2.05) is 0 Å². The van der Waals surface area contributed by atoms with Crippen molar-refractivity contribution in [3.05, 3.63) is 32.1 Å². The summed E-state index contributed by atoms with van der Waals surface area (Å²) in [5.41, 5.74) is -2.42. The Balaban J connectivity index is 2.07. The quantitative estimate of drug-likeness (QED) is 0.685. The maximum absolute atomic E-state index is 14.1. The number of aromatic nitrogens is 2. The lowest BCUT2D eigenvalue weighted by Gasteiger charge is -2.26. The second-order valence-electron chi connectivity index (χ2n) is 6.10. The van der Waals surface area contributed by atoms with Gasteiger partial charge in [0, 0.05) is 32.6 Å². The van der Waals surface area contributed by atoms with Crippen molar-refractivity contribution in [1.29, 1.82) is 0 Å². The molecule has 0 radical (unpaired) electrons. The van der Waals surface area contributed by atoms with Gasteiger partial charge in [0.05, 0.1) is 5.69 Å². The third kappa shape index (κ3) is 2.26. The summed E-state index contributed by atoms with van der Waals surface area (Å²) in [4.78, 5) is 27.8. The number of ether oxygens (including phenoxy) is 3. The molecule has 9 heteroatoms. The predicted molar refractivity (Wildman–Crippen MR) is 75.9 cm³/mol. The molecule has 2 unspecified atom stereocenters. The SMILES string of the molecule is COC1C(F)C[C@]2(OC)C[C@@](O)(c3[nH]c(=O)[nH]c(=O)c3C)O[C@H]12. The van der Waals surface area contributed by atoms with Crippen LogP contribution in [0.25, 0.3) is 0 Å². The van der Waals surface area contributed by atoms with Crippen molar-refractivity contribution in [2.75, 3.05) is 14.2 Å². The summed E-state index contributed by atoms with van der Waals surface area (Å²) in [7, 11) is 2.75. The van der Waals surface area contributed by atoms with Crippen LogP contribution in [0.1, 0.15) is 24.1 Å². The average Bonchev–Trinajstić information content (AvgIpc) is 2.90. The molecule has 2 heterocycles. The van der Waals surface area contributed by atoms with Crippen LogP contribution in [-0.2, 0) is 20.0 Å². The van der Waals surface area contributed by atoms with Crippen molar-refractivity contribution in [2.24, 2.45) is 0 Å². The van der Waals surface area contributed by atoms with Crippen molar-refractivity contribution < 1.29 is 23.7 Å². The molecule has 128 valence electrons. The first-order valence-electron chi connectivity index (χ1n) is 7.22. The Morgan fingerprint density at radius 2 is 2.04 bits per heavy atom. The van der Waals surface area contributed by atoms with Crippen LogP contribution < -0.4 is 11.2 Å². The molecule has 1 aliphatic heterocycles. The van der Waals surface area contributed by atoms with E-state index in [-0.39, 0.29) is 24.1 Å². The minimum Gasteiger partial charge on any atom is -0.376 e. The summed E-state index contributed by atoms with van der Waals surface area (Å²) < 4.78 is 30.4. The lowest BCUT2D eigenvalue weighted by atomic mass is 9.91. The molecule has 2 fully saturated rings. The van der Waals surface area contributed by atoms with E-state index in [9.17, 15) is 19.1 Å². The zero-order chi connectivity index (χ0) is 17.0. The fourth-order valence-corrected chi connectivity index (χ4v) is 3.69. The fraction of sp³-hybridized carbons (Fsp3) is 0.714. The number of rotatable bonds is 3. The van der Waals surface area contributed by atoms with Gasteiger partial charge in [0.2, 0.25) is 5.79 Å². The Hall–Kier alpha value is -1.55. The largest absolute Gasteiger partial charge is 0.376 e. The molecule has 3 N–H and O–H groups in total. The van der Waals surface area contributed by atoms with Crippen LogP contribution in [0, 0.1) is 6.92 Å². The van der Waals surface area contributed by atoms with E-state index in [1.54, 1.807) is 0 Å². The highest BCUT2D eigenvalue weighted by Gasteiger charge is 2.66. The Bertz CT molecular complexity index is 733. The summed E-state index contributed by atoms with van der Waals surface area (Å²) in [6.07, 6.45) is -3.20. The molecule has 23 heavy (non-hydrogen) atoms. The number of hydrogen-bond donors (Lipinski definition) is 3. The number of alkyl halides is 1. The highest BCUT2D eigenvalue weighted by Crippen LogP contribution is 2.53. The van der Waals surface area contributed by atoms with Crippen LogP contribution in [0.3, 0.4) is 0 Å². The number of halogens is 1. The summed E-state index contributed by atoms with van der Waals surface area (Å²) in [5.74, 6) is -1.96. The van der Waals surface area contributed by atoms with Gasteiger partial charge < -0.3 is 24.3 Å². The van der Waals surface area contributed by atoms with Gasteiger partial charge in [-0.05, 0) is 6.92 Å². The third-order valence-corrected chi connectivity index (χ3v) is 4.83. The Morgan fingerprint density at radius 3 is 2.65 bits per heavy atom. The average molecular weight is 330 g/mol. The van der Waals surface area contributed by atoms with E-state index < -0.39 is 41.0 Å². The second-order valence-corrected chi connectivity index (χ2v) is 6.10. The van der Waals surface area contributed by atoms with Gasteiger partial charge in [0.1, 0.15) is 24.0 Å². The smallest absolute Gasteiger partial charge is 0.326 e. The van der Waals surface area contributed by atoms with Gasteiger partial charge in [-0.1, -0.05) is 0 Å². The van der Waals surface area contributed by atoms with Crippen LogP contribution in [0.5, 0.6) is 0 Å². The highest BCUT2D eigenvalue weighted by molar-refractivity contribution is 5.24. The topological polar surface area (TPSA) is 114 Å². The molecule has 0 amide bonds. The van der Waals surface area contributed by atoms with Crippen molar-refractivity contribution >= 4 is 0 Å². The Kier molecular flexibility index (Phi) is 3.71. The molecule has 2 aliphatic rings. The number of methoxy groups -OCH3 is 2. The maximum Gasteiger partial charge on any atom is 0.326 e. The van der Waals surface area contributed by atoms with E-state index in [4.69, 9.17) is 14.2 Å². The molecule has 0 spiro atoms. The lowest BCUT2D eigenvalue weighted by Crippen LogP contribution is -2.40. The van der Waals surface area contributed by atoms with Crippen LogP contribution >= 0.6 is 0 Å². The van der Waals surface area contributed by atoms with Crippen molar-refractivity contribution in [2.45, 2.75) is 49.5 Å². The molecule has 1 aliphatic carbocycles. The van der Waals surface area contributed by atoms with Crippen molar-refractivity contribution in [1.82, 2.24) is 9.97 Å². The molecule has 5 atom stereocenters. The summed E-state index contributed by atoms with van der Waals surface area (Å²) in [6, 6.07) is 0. The van der Waals surface area contributed by atoms with Gasteiger partial charge >= 0.3 is 5.69 Å². The van der Waals surface area contributed by atoms with E-state index in [2.05, 4.69) is 9.97 Å². The van der Waals surface area contributed by atoms with Gasteiger partial charge in [-0.2, -0.15) is 0 Å². The first kappa shape index (κ1) is 16.3. The molecule has 1 saturated carbocycles. The third-order valence-electron chi connectivity index (χ3n) is 4.83. The number of fused-ring (bicyclic) bond motifs is 1. The minimum absolute atomic E-state index is 0.0124. The molecule has 1 aromatic rings. The molecule has 3 rings (SSSR count). The lowest BCUT2D eigenvalue weighted by molar-refractivity contribution is -0.224. The number of hydrogen-bond acceptors (Lipinski definition) is 6. The van der Waals surface area contributed by atoms with Crippen LogP contribution in [0.15, 0.2) is 9.59 Å². The molecule has 0 aromatic carbocycles. The summed E-state index contributed by atoms with van der Waals surface area (Å²) in [6.45, 7) is 1.45. The predicted octanol–water partition coefficient (Wildman–Crippen LogP) is -0.552. The fourth-order valence-electron chi connectivity index (χ4n) is 3.69. The minimum atomic E-state index is -1.96. The normalized spacial score (nSPS) is 39.6. The first-order chi connectivity index (χ1) is 10.8. The van der Waals surface area contributed by atoms with Crippen LogP contribution in [0.4, 0.5) is 4.39 Å². The molecular weight excluding hydrogens is 311 g/mol. The number of nitrogens with one attached hydrogen (secondary N) is 2. The summed E-state index contributed by atoms with van der Waals surface area (Å²) >= 11 is 0. The standard InChI is InChI=1S/C14H19FN2O6/c1-6-9(16-12(19)17-11(6)18)14(20)5-13(22-3)4-7(15)8(21-2)10(13)23-14/h7-8,10,20H,4-5H2,1-3H3,(H2,16,17,18,19)/t7?,8?,10-,13+,14+/m1/s1. The van der Waals surface area contributed by atoms with E-state index in [0.29, 0.717) is 0 Å². The second kappa shape index (κ2) is 5.23. The molecule has 1 saturated heterocycles. The van der Waals surface area contributed by atoms with E-state index in [0.717, 1.165) is 0 Å². The highest BCUT2D eigenvalue weighted by atomic mass is 19.1. The zero-order valence-electron chi connectivity index (χ0n) is 13.0. The molecule has 1 aromatic heterocycles. The van der Waals surface area contributed by atoms with E-state index >= 15 is 0 Å². The number of aliphatic hydroxyl groups is 1. The van der Waals surface area contributed by atoms with Gasteiger partial charge in [0.15, 0.2) is 0 Å². The van der Waals surface area contributed by atoms with E-state index in [1.165, 1.54) is 21.1 Å². The van der Waals surface area contributed by atoms with Gasteiger partial charge in [0.25, 0.3) is 5.56 Å². The van der Waals surface area contributed by atoms with Gasteiger partial charge in [-0.25, -0.2) is 9.18 Å². The van der Waals surface area contributed by atoms with Crippen LogP contribution in [0.2, 0.25) is 0 Å². The maximum atomic E-state index is 14.1. The number of aromatic amines is 2. The summed E-state index contributed by atoms with van der Waals surface area (Å²) in [5, 5.41) is 10.9.